The van der Waals surface area contributed by atoms with Gasteiger partial charge in [0.1, 0.15) is 5.75 Å². The molecule has 1 heterocycles. The Bertz CT molecular complexity index is 536. The van der Waals surface area contributed by atoms with Gasteiger partial charge in [0.25, 0.3) is 0 Å². The molecule has 0 saturated carbocycles. The highest BCUT2D eigenvalue weighted by Gasteiger charge is 2.11. The standard InChI is InChI=1S/C16H21NO2S/c1-11-4-9-16(20-11)12(2)17-10-15(18)13-5-7-14(19-3)8-6-13/h4-9,12,15,17-18H,10H2,1-3H3. The van der Waals surface area contributed by atoms with E-state index in [1.165, 1.54) is 9.75 Å². The lowest BCUT2D eigenvalue weighted by atomic mass is 10.1. The molecule has 1 aromatic heterocycles. The lowest BCUT2D eigenvalue weighted by Crippen LogP contribution is -2.24. The zero-order valence-corrected chi connectivity index (χ0v) is 12.9. The third kappa shape index (κ3) is 3.82. The Morgan fingerprint density at radius 1 is 1.20 bits per heavy atom. The molecule has 0 spiro atoms. The Morgan fingerprint density at radius 3 is 2.45 bits per heavy atom. The second-order valence-corrected chi connectivity index (χ2v) is 6.19. The molecular formula is C16H21NO2S. The van der Waals surface area contributed by atoms with Crippen molar-refractivity contribution in [1.29, 1.82) is 0 Å². The molecule has 1 aromatic carbocycles. The molecule has 0 saturated heterocycles. The number of nitrogens with one attached hydrogen (secondary N) is 1. The molecule has 0 amide bonds. The van der Waals surface area contributed by atoms with Crippen molar-refractivity contribution < 1.29 is 9.84 Å². The van der Waals surface area contributed by atoms with Crippen LogP contribution < -0.4 is 10.1 Å². The highest BCUT2D eigenvalue weighted by Crippen LogP contribution is 2.23. The average Bonchev–Trinajstić information content (AvgIpc) is 2.91. The normalized spacial score (nSPS) is 14.0. The second-order valence-electron chi connectivity index (χ2n) is 4.87. The van der Waals surface area contributed by atoms with Crippen molar-refractivity contribution in [3.8, 4) is 5.75 Å². The number of aliphatic hydroxyl groups excluding tert-OH is 1. The molecule has 0 radical (unpaired) electrons. The first-order chi connectivity index (χ1) is 9.60. The van der Waals surface area contributed by atoms with Gasteiger partial charge in [-0.25, -0.2) is 0 Å². The molecule has 0 aliphatic heterocycles. The summed E-state index contributed by atoms with van der Waals surface area (Å²) in [5, 5.41) is 13.6. The topological polar surface area (TPSA) is 41.5 Å². The number of rotatable bonds is 6. The van der Waals surface area contributed by atoms with E-state index in [0.29, 0.717) is 6.54 Å². The summed E-state index contributed by atoms with van der Waals surface area (Å²) in [5.74, 6) is 0.802. The fourth-order valence-electron chi connectivity index (χ4n) is 2.02. The van der Waals surface area contributed by atoms with Crippen LogP contribution in [0.5, 0.6) is 5.75 Å². The Hall–Kier alpha value is -1.36. The Balaban J connectivity index is 1.89. The molecule has 2 N–H and O–H groups in total. The molecule has 3 nitrogen and oxygen atoms in total. The number of ether oxygens (including phenoxy) is 1. The molecule has 4 heteroatoms. The maximum absolute atomic E-state index is 10.2. The second kappa shape index (κ2) is 6.88. The summed E-state index contributed by atoms with van der Waals surface area (Å²) in [6.45, 7) is 4.75. The average molecular weight is 291 g/mol. The van der Waals surface area contributed by atoms with Crippen LogP contribution in [-0.4, -0.2) is 18.8 Å². The maximum Gasteiger partial charge on any atom is 0.118 e. The van der Waals surface area contributed by atoms with E-state index in [9.17, 15) is 5.11 Å². The summed E-state index contributed by atoms with van der Waals surface area (Å²) in [6, 6.07) is 12.0. The predicted molar refractivity (Wildman–Crippen MR) is 83.4 cm³/mol. The minimum absolute atomic E-state index is 0.251. The lowest BCUT2D eigenvalue weighted by Gasteiger charge is -2.16. The van der Waals surface area contributed by atoms with Crippen molar-refractivity contribution in [2.24, 2.45) is 0 Å². The minimum atomic E-state index is -0.510. The van der Waals surface area contributed by atoms with Gasteiger partial charge in [-0.3, -0.25) is 0 Å². The summed E-state index contributed by atoms with van der Waals surface area (Å²) >= 11 is 1.79. The number of hydrogen-bond donors (Lipinski definition) is 2. The fourth-order valence-corrected chi connectivity index (χ4v) is 2.92. The highest BCUT2D eigenvalue weighted by molar-refractivity contribution is 7.12. The van der Waals surface area contributed by atoms with Crippen molar-refractivity contribution >= 4 is 11.3 Å². The Kier molecular flexibility index (Phi) is 5.17. The highest BCUT2D eigenvalue weighted by atomic mass is 32.1. The molecule has 0 aliphatic rings. The van der Waals surface area contributed by atoms with E-state index < -0.39 is 6.10 Å². The van der Waals surface area contributed by atoms with Crippen LogP contribution in [0, 0.1) is 6.92 Å². The minimum Gasteiger partial charge on any atom is -0.497 e. The van der Waals surface area contributed by atoms with Gasteiger partial charge in [0.05, 0.1) is 13.2 Å². The molecule has 20 heavy (non-hydrogen) atoms. The fraction of sp³-hybridized carbons (Fsp3) is 0.375. The number of thiophene rings is 1. The maximum atomic E-state index is 10.2. The first kappa shape index (κ1) is 15.0. The van der Waals surface area contributed by atoms with Crippen molar-refractivity contribution in [3.63, 3.8) is 0 Å². The third-order valence-electron chi connectivity index (χ3n) is 3.31. The molecular weight excluding hydrogens is 270 g/mol. The zero-order chi connectivity index (χ0) is 14.5. The lowest BCUT2D eigenvalue weighted by molar-refractivity contribution is 0.171. The number of benzene rings is 1. The van der Waals surface area contributed by atoms with Gasteiger partial charge in [-0.1, -0.05) is 12.1 Å². The van der Waals surface area contributed by atoms with Gasteiger partial charge in [-0.2, -0.15) is 0 Å². The van der Waals surface area contributed by atoms with Crippen molar-refractivity contribution in [3.05, 3.63) is 51.7 Å². The molecule has 2 aromatic rings. The van der Waals surface area contributed by atoms with Gasteiger partial charge in [0.2, 0.25) is 0 Å². The van der Waals surface area contributed by atoms with Crippen LogP contribution in [0.2, 0.25) is 0 Å². The van der Waals surface area contributed by atoms with Crippen LogP contribution in [0.25, 0.3) is 0 Å². The van der Waals surface area contributed by atoms with E-state index in [0.717, 1.165) is 11.3 Å². The molecule has 2 unspecified atom stereocenters. The first-order valence-corrected chi connectivity index (χ1v) is 7.53. The summed E-state index contributed by atoms with van der Waals surface area (Å²) in [4.78, 5) is 2.61. The predicted octanol–water partition coefficient (Wildman–Crippen LogP) is 3.45. The third-order valence-corrected chi connectivity index (χ3v) is 4.49. The SMILES string of the molecule is COc1ccc(C(O)CNC(C)c2ccc(C)s2)cc1. The molecule has 0 fully saturated rings. The molecule has 2 atom stereocenters. The smallest absolute Gasteiger partial charge is 0.118 e. The Labute approximate surface area is 124 Å². The van der Waals surface area contributed by atoms with Crippen LogP contribution in [0.1, 0.15) is 34.4 Å². The number of aryl methyl sites for hydroxylation is 1. The summed E-state index contributed by atoms with van der Waals surface area (Å²) in [5.41, 5.74) is 0.896. The first-order valence-electron chi connectivity index (χ1n) is 6.72. The molecule has 0 bridgehead atoms. The van der Waals surface area contributed by atoms with Crippen LogP contribution >= 0.6 is 11.3 Å². The van der Waals surface area contributed by atoms with Gasteiger partial charge >= 0.3 is 0 Å². The van der Waals surface area contributed by atoms with Crippen LogP contribution in [0.3, 0.4) is 0 Å². The van der Waals surface area contributed by atoms with Crippen molar-refractivity contribution in [2.75, 3.05) is 13.7 Å². The van der Waals surface area contributed by atoms with Crippen LogP contribution in [0.4, 0.5) is 0 Å². The van der Waals surface area contributed by atoms with Crippen molar-refractivity contribution in [2.45, 2.75) is 26.0 Å². The van der Waals surface area contributed by atoms with Gasteiger partial charge < -0.3 is 15.2 Å². The van der Waals surface area contributed by atoms with Gasteiger partial charge in [0.15, 0.2) is 0 Å². The number of methoxy groups -OCH3 is 1. The van der Waals surface area contributed by atoms with Gasteiger partial charge in [0, 0.05) is 22.3 Å². The summed E-state index contributed by atoms with van der Waals surface area (Å²) < 4.78 is 5.11. The molecule has 2 rings (SSSR count). The van der Waals surface area contributed by atoms with E-state index in [1.54, 1.807) is 18.4 Å². The monoisotopic (exact) mass is 291 g/mol. The number of aliphatic hydroxyl groups is 1. The van der Waals surface area contributed by atoms with E-state index in [2.05, 4.69) is 31.3 Å². The van der Waals surface area contributed by atoms with Crippen LogP contribution in [0.15, 0.2) is 36.4 Å². The van der Waals surface area contributed by atoms with Crippen LogP contribution in [-0.2, 0) is 0 Å². The summed E-state index contributed by atoms with van der Waals surface area (Å²) in [7, 11) is 1.64. The van der Waals surface area contributed by atoms with E-state index in [1.807, 2.05) is 24.3 Å². The zero-order valence-electron chi connectivity index (χ0n) is 12.1. The quantitative estimate of drug-likeness (QED) is 0.856. The Morgan fingerprint density at radius 2 is 1.90 bits per heavy atom. The van der Waals surface area contributed by atoms with E-state index in [-0.39, 0.29) is 6.04 Å². The molecule has 0 aliphatic carbocycles. The number of hydrogen-bond acceptors (Lipinski definition) is 4. The van der Waals surface area contributed by atoms with E-state index >= 15 is 0 Å². The van der Waals surface area contributed by atoms with Crippen molar-refractivity contribution in [1.82, 2.24) is 5.32 Å². The van der Waals surface area contributed by atoms with Gasteiger partial charge in [-0.15, -0.1) is 11.3 Å². The van der Waals surface area contributed by atoms with Gasteiger partial charge in [-0.05, 0) is 43.7 Å². The molecule has 108 valence electrons. The summed E-state index contributed by atoms with van der Waals surface area (Å²) in [6.07, 6.45) is -0.510. The largest absolute Gasteiger partial charge is 0.497 e. The van der Waals surface area contributed by atoms with E-state index in [4.69, 9.17) is 4.74 Å².